The SMILES string of the molecule is CC.CCC(C)N1CCC(C)C1C. The average molecular weight is 185 g/mol. The van der Waals surface area contributed by atoms with Gasteiger partial charge in [-0.05, 0) is 39.2 Å². The Kier molecular flexibility index (Phi) is 6.40. The lowest BCUT2D eigenvalue weighted by molar-refractivity contribution is 0.183. The monoisotopic (exact) mass is 185 g/mol. The van der Waals surface area contributed by atoms with E-state index < -0.39 is 0 Å². The van der Waals surface area contributed by atoms with Crippen LogP contribution in [0.25, 0.3) is 0 Å². The van der Waals surface area contributed by atoms with Gasteiger partial charge in [0, 0.05) is 12.1 Å². The van der Waals surface area contributed by atoms with E-state index >= 15 is 0 Å². The summed E-state index contributed by atoms with van der Waals surface area (Å²) >= 11 is 0. The van der Waals surface area contributed by atoms with Crippen molar-refractivity contribution in [2.45, 2.75) is 66.5 Å². The fourth-order valence-corrected chi connectivity index (χ4v) is 1.98. The zero-order valence-corrected chi connectivity index (χ0v) is 10.3. The van der Waals surface area contributed by atoms with Crippen LogP contribution in [0, 0.1) is 5.92 Å². The van der Waals surface area contributed by atoms with Crippen LogP contribution in [0.5, 0.6) is 0 Å². The van der Waals surface area contributed by atoms with Gasteiger partial charge in [-0.1, -0.05) is 27.7 Å². The summed E-state index contributed by atoms with van der Waals surface area (Å²) < 4.78 is 0. The van der Waals surface area contributed by atoms with Crippen LogP contribution in [-0.4, -0.2) is 23.5 Å². The summed E-state index contributed by atoms with van der Waals surface area (Å²) in [4.78, 5) is 2.64. The highest BCUT2D eigenvalue weighted by atomic mass is 15.2. The van der Waals surface area contributed by atoms with Gasteiger partial charge in [0.25, 0.3) is 0 Å². The maximum Gasteiger partial charge on any atom is 0.00958 e. The van der Waals surface area contributed by atoms with E-state index in [9.17, 15) is 0 Å². The van der Waals surface area contributed by atoms with Crippen molar-refractivity contribution in [2.24, 2.45) is 5.92 Å². The van der Waals surface area contributed by atoms with E-state index in [2.05, 4.69) is 32.6 Å². The zero-order valence-electron chi connectivity index (χ0n) is 10.3. The predicted octanol–water partition coefficient (Wildman–Crippen LogP) is 3.54. The van der Waals surface area contributed by atoms with Crippen LogP contribution < -0.4 is 0 Å². The third-order valence-corrected chi connectivity index (χ3v) is 3.35. The lowest BCUT2D eigenvalue weighted by atomic mass is 10.0. The Bertz CT molecular complexity index is 122. The molecule has 1 heteroatoms. The third kappa shape index (κ3) is 3.30. The molecule has 3 unspecified atom stereocenters. The van der Waals surface area contributed by atoms with Crippen molar-refractivity contribution in [1.82, 2.24) is 4.90 Å². The average Bonchev–Trinajstić information content (AvgIpc) is 2.50. The van der Waals surface area contributed by atoms with Crippen molar-refractivity contribution in [2.75, 3.05) is 6.54 Å². The maximum absolute atomic E-state index is 2.64. The molecule has 0 aromatic heterocycles. The molecule has 0 aromatic rings. The molecule has 1 aliphatic rings. The van der Waals surface area contributed by atoms with E-state index in [0.717, 1.165) is 18.0 Å². The summed E-state index contributed by atoms with van der Waals surface area (Å²) in [7, 11) is 0. The second kappa shape index (κ2) is 6.42. The Morgan fingerprint density at radius 1 is 1.31 bits per heavy atom. The van der Waals surface area contributed by atoms with E-state index in [0.29, 0.717) is 0 Å². The molecule has 1 heterocycles. The molecule has 3 atom stereocenters. The van der Waals surface area contributed by atoms with E-state index in [-0.39, 0.29) is 0 Å². The minimum absolute atomic E-state index is 0.787. The molecule has 1 aliphatic heterocycles. The fraction of sp³-hybridized carbons (Fsp3) is 1.00. The standard InChI is InChI=1S/C10H21N.C2H6/c1-5-9(3)11-7-6-8(2)10(11)4;1-2/h8-10H,5-7H2,1-4H3;1-2H3. The quantitative estimate of drug-likeness (QED) is 0.636. The first kappa shape index (κ1) is 13.0. The normalized spacial score (nSPS) is 30.9. The third-order valence-electron chi connectivity index (χ3n) is 3.35. The first-order chi connectivity index (χ1) is 6.16. The smallest absolute Gasteiger partial charge is 0.00958 e. The van der Waals surface area contributed by atoms with Gasteiger partial charge in [-0.15, -0.1) is 0 Å². The van der Waals surface area contributed by atoms with Gasteiger partial charge in [-0.25, -0.2) is 0 Å². The van der Waals surface area contributed by atoms with E-state index in [1.165, 1.54) is 19.4 Å². The molecule has 1 nitrogen and oxygen atoms in total. The summed E-state index contributed by atoms with van der Waals surface area (Å²) in [5.41, 5.74) is 0. The molecular weight excluding hydrogens is 158 g/mol. The first-order valence-electron chi connectivity index (χ1n) is 5.92. The van der Waals surface area contributed by atoms with Gasteiger partial charge in [0.2, 0.25) is 0 Å². The van der Waals surface area contributed by atoms with E-state index in [1.54, 1.807) is 0 Å². The van der Waals surface area contributed by atoms with Gasteiger partial charge in [0.1, 0.15) is 0 Å². The molecule has 0 bridgehead atoms. The summed E-state index contributed by atoms with van der Waals surface area (Å²) in [5.74, 6) is 0.906. The van der Waals surface area contributed by atoms with Crippen molar-refractivity contribution in [1.29, 1.82) is 0 Å². The topological polar surface area (TPSA) is 3.24 Å². The number of nitrogens with zero attached hydrogens (tertiary/aromatic N) is 1. The van der Waals surface area contributed by atoms with E-state index in [1.807, 2.05) is 13.8 Å². The molecule has 0 aromatic carbocycles. The number of hydrogen-bond acceptors (Lipinski definition) is 1. The molecule has 0 amide bonds. The summed E-state index contributed by atoms with van der Waals surface area (Å²) in [6, 6.07) is 1.60. The van der Waals surface area contributed by atoms with Crippen LogP contribution in [0.1, 0.15) is 54.4 Å². The first-order valence-corrected chi connectivity index (χ1v) is 5.92. The minimum atomic E-state index is 0.787. The Labute approximate surface area is 84.5 Å². The van der Waals surface area contributed by atoms with Gasteiger partial charge < -0.3 is 0 Å². The summed E-state index contributed by atoms with van der Waals surface area (Å²) in [5, 5.41) is 0. The van der Waals surface area contributed by atoms with Gasteiger partial charge in [0.15, 0.2) is 0 Å². The van der Waals surface area contributed by atoms with Crippen LogP contribution in [0.4, 0.5) is 0 Å². The van der Waals surface area contributed by atoms with Gasteiger partial charge in [-0.2, -0.15) is 0 Å². The molecule has 0 radical (unpaired) electrons. The van der Waals surface area contributed by atoms with Crippen molar-refractivity contribution in [3.63, 3.8) is 0 Å². The largest absolute Gasteiger partial charge is 0.298 e. The van der Waals surface area contributed by atoms with Crippen LogP contribution in [-0.2, 0) is 0 Å². The van der Waals surface area contributed by atoms with Crippen molar-refractivity contribution < 1.29 is 0 Å². The second-order valence-electron chi connectivity index (χ2n) is 4.00. The molecule has 1 fully saturated rings. The Balaban J connectivity index is 0.000000671. The number of rotatable bonds is 2. The lowest BCUT2D eigenvalue weighted by Gasteiger charge is -2.28. The van der Waals surface area contributed by atoms with Crippen LogP contribution >= 0.6 is 0 Å². The van der Waals surface area contributed by atoms with Crippen LogP contribution in [0.2, 0.25) is 0 Å². The molecule has 1 rings (SSSR count). The van der Waals surface area contributed by atoms with Crippen LogP contribution in [0.15, 0.2) is 0 Å². The highest BCUT2D eigenvalue weighted by Gasteiger charge is 2.29. The van der Waals surface area contributed by atoms with E-state index in [4.69, 9.17) is 0 Å². The molecular formula is C12H27N. The summed E-state index contributed by atoms with van der Waals surface area (Å²) in [6.45, 7) is 14.7. The molecule has 0 spiro atoms. The molecule has 13 heavy (non-hydrogen) atoms. The molecule has 0 saturated carbocycles. The molecule has 1 saturated heterocycles. The highest BCUT2D eigenvalue weighted by molar-refractivity contribution is 4.83. The van der Waals surface area contributed by atoms with Gasteiger partial charge >= 0.3 is 0 Å². The van der Waals surface area contributed by atoms with Crippen molar-refractivity contribution in [3.05, 3.63) is 0 Å². The van der Waals surface area contributed by atoms with Crippen LogP contribution in [0.3, 0.4) is 0 Å². The van der Waals surface area contributed by atoms with Crippen molar-refractivity contribution in [3.8, 4) is 0 Å². The fourth-order valence-electron chi connectivity index (χ4n) is 1.98. The molecule has 80 valence electrons. The molecule has 0 aliphatic carbocycles. The summed E-state index contributed by atoms with van der Waals surface area (Å²) in [6.07, 6.45) is 2.68. The van der Waals surface area contributed by atoms with Gasteiger partial charge in [-0.3, -0.25) is 4.90 Å². The number of hydrogen-bond donors (Lipinski definition) is 0. The molecule has 0 N–H and O–H groups in total. The minimum Gasteiger partial charge on any atom is -0.298 e. The Morgan fingerprint density at radius 3 is 2.15 bits per heavy atom. The Morgan fingerprint density at radius 2 is 1.85 bits per heavy atom. The lowest BCUT2D eigenvalue weighted by Crippen LogP contribution is -2.36. The maximum atomic E-state index is 2.64. The second-order valence-corrected chi connectivity index (χ2v) is 4.00. The van der Waals surface area contributed by atoms with Gasteiger partial charge in [0.05, 0.1) is 0 Å². The zero-order chi connectivity index (χ0) is 10.4. The van der Waals surface area contributed by atoms with Crippen molar-refractivity contribution >= 4 is 0 Å². The highest BCUT2D eigenvalue weighted by Crippen LogP contribution is 2.25. The number of likely N-dealkylation sites (tertiary alicyclic amines) is 1. The predicted molar refractivity (Wildman–Crippen MR) is 61.1 cm³/mol. The Hall–Kier alpha value is -0.0400.